The maximum absolute atomic E-state index is 3.52. The van der Waals surface area contributed by atoms with E-state index in [-0.39, 0.29) is 0 Å². The Kier molecular flexibility index (Phi) is 3.64. The van der Waals surface area contributed by atoms with E-state index in [0.29, 0.717) is 0 Å². The summed E-state index contributed by atoms with van der Waals surface area (Å²) in [6.07, 6.45) is 4.30. The molecule has 2 fully saturated rings. The summed E-state index contributed by atoms with van der Waals surface area (Å²) in [4.78, 5) is 5.29. The lowest BCUT2D eigenvalue weighted by molar-refractivity contribution is 0.0528. The van der Waals surface area contributed by atoms with Gasteiger partial charge < -0.3 is 0 Å². The normalized spacial score (nSPS) is 31.6. The molecule has 2 rings (SSSR count). The van der Waals surface area contributed by atoms with E-state index in [1.54, 1.807) is 0 Å². The molecule has 0 aromatic heterocycles. The summed E-state index contributed by atoms with van der Waals surface area (Å²) in [6, 6.07) is 0.876. The van der Waals surface area contributed by atoms with Crippen LogP contribution in [0.5, 0.6) is 0 Å². The summed E-state index contributed by atoms with van der Waals surface area (Å²) >= 11 is 3.52. The molecule has 1 unspecified atom stereocenters. The number of fused-ring (bicyclic) bond motifs is 1. The Morgan fingerprint density at radius 1 is 1.15 bits per heavy atom. The first kappa shape index (κ1) is 9.94. The molecule has 2 aliphatic rings. The second-order valence-electron chi connectivity index (χ2n) is 4.18. The Balaban J connectivity index is 1.84. The summed E-state index contributed by atoms with van der Waals surface area (Å²) in [6.45, 7) is 6.47. The lowest BCUT2D eigenvalue weighted by Crippen LogP contribution is -2.54. The first-order valence-electron chi connectivity index (χ1n) is 5.42. The number of piperidine rings is 1. The molecule has 13 heavy (non-hydrogen) atoms. The smallest absolute Gasteiger partial charge is 0.0223 e. The largest absolute Gasteiger partial charge is 0.300 e. The molecule has 2 heterocycles. The zero-order chi connectivity index (χ0) is 9.10. The molecule has 0 amide bonds. The Bertz CT molecular complexity index is 163. The number of rotatable bonds is 2. The van der Waals surface area contributed by atoms with E-state index in [0.717, 1.165) is 11.4 Å². The first-order valence-corrected chi connectivity index (χ1v) is 6.54. The van der Waals surface area contributed by atoms with Crippen LogP contribution in [0.15, 0.2) is 0 Å². The molecule has 76 valence electrons. The molecule has 0 aliphatic carbocycles. The molecule has 0 aromatic rings. The Labute approximate surface area is 89.4 Å². The molecule has 0 spiro atoms. The summed E-state index contributed by atoms with van der Waals surface area (Å²) in [5.74, 6) is 0. The van der Waals surface area contributed by atoms with Gasteiger partial charge in [-0.05, 0) is 19.4 Å². The number of halogens is 1. The van der Waals surface area contributed by atoms with E-state index >= 15 is 0 Å². The van der Waals surface area contributed by atoms with E-state index in [4.69, 9.17) is 0 Å². The minimum absolute atomic E-state index is 0.876. The molecule has 0 radical (unpaired) electrons. The van der Waals surface area contributed by atoms with Crippen molar-refractivity contribution in [3.8, 4) is 0 Å². The van der Waals surface area contributed by atoms with Gasteiger partial charge in [-0.3, -0.25) is 9.80 Å². The third-order valence-electron chi connectivity index (χ3n) is 3.32. The predicted octanol–water partition coefficient (Wildman–Crippen LogP) is 1.55. The fraction of sp³-hybridized carbons (Fsp3) is 1.00. The minimum atomic E-state index is 0.876. The second-order valence-corrected chi connectivity index (χ2v) is 4.97. The quantitative estimate of drug-likeness (QED) is 0.683. The van der Waals surface area contributed by atoms with Crippen LogP contribution in [0.3, 0.4) is 0 Å². The number of hydrogen-bond donors (Lipinski definition) is 0. The maximum Gasteiger partial charge on any atom is 0.0223 e. The van der Waals surface area contributed by atoms with Crippen molar-refractivity contribution in [1.82, 2.24) is 9.80 Å². The highest BCUT2D eigenvalue weighted by atomic mass is 79.9. The van der Waals surface area contributed by atoms with Gasteiger partial charge in [0.15, 0.2) is 0 Å². The fourth-order valence-electron chi connectivity index (χ4n) is 2.54. The Morgan fingerprint density at radius 2 is 2.08 bits per heavy atom. The first-order chi connectivity index (χ1) is 6.40. The van der Waals surface area contributed by atoms with Gasteiger partial charge in [0.25, 0.3) is 0 Å². The van der Waals surface area contributed by atoms with Crippen LogP contribution >= 0.6 is 15.9 Å². The van der Waals surface area contributed by atoms with Crippen LogP contribution in [0.25, 0.3) is 0 Å². The summed E-state index contributed by atoms with van der Waals surface area (Å²) < 4.78 is 0. The van der Waals surface area contributed by atoms with E-state index in [9.17, 15) is 0 Å². The molecule has 1 atom stereocenters. The number of nitrogens with zero attached hydrogens (tertiary/aromatic N) is 2. The zero-order valence-corrected chi connectivity index (χ0v) is 9.80. The molecule has 2 saturated heterocycles. The van der Waals surface area contributed by atoms with Crippen molar-refractivity contribution in [2.24, 2.45) is 0 Å². The van der Waals surface area contributed by atoms with Gasteiger partial charge in [0.2, 0.25) is 0 Å². The lowest BCUT2D eigenvalue weighted by Gasteiger charge is -2.43. The van der Waals surface area contributed by atoms with Gasteiger partial charge in [-0.2, -0.15) is 0 Å². The molecule has 2 nitrogen and oxygen atoms in total. The number of alkyl halides is 1. The van der Waals surface area contributed by atoms with Gasteiger partial charge in [-0.15, -0.1) is 0 Å². The lowest BCUT2D eigenvalue weighted by atomic mass is 10.00. The molecule has 2 aliphatic heterocycles. The van der Waals surface area contributed by atoms with Gasteiger partial charge in [-0.1, -0.05) is 22.4 Å². The predicted molar refractivity (Wildman–Crippen MR) is 59.4 cm³/mol. The van der Waals surface area contributed by atoms with Crippen LogP contribution < -0.4 is 0 Å². The van der Waals surface area contributed by atoms with Crippen LogP contribution in [0.1, 0.15) is 19.3 Å². The van der Waals surface area contributed by atoms with Crippen LogP contribution in [0.4, 0.5) is 0 Å². The maximum atomic E-state index is 3.52. The minimum Gasteiger partial charge on any atom is -0.300 e. The third-order valence-corrected chi connectivity index (χ3v) is 3.68. The van der Waals surface area contributed by atoms with Crippen molar-refractivity contribution < 1.29 is 0 Å². The van der Waals surface area contributed by atoms with Gasteiger partial charge in [0.05, 0.1) is 0 Å². The van der Waals surface area contributed by atoms with Crippen molar-refractivity contribution in [2.45, 2.75) is 25.3 Å². The van der Waals surface area contributed by atoms with Crippen LogP contribution in [0, 0.1) is 0 Å². The van der Waals surface area contributed by atoms with E-state index in [2.05, 4.69) is 25.7 Å². The topological polar surface area (TPSA) is 6.48 Å². The highest BCUT2D eigenvalue weighted by Gasteiger charge is 2.28. The molecular formula is C10H19BrN2. The van der Waals surface area contributed by atoms with Gasteiger partial charge >= 0.3 is 0 Å². The van der Waals surface area contributed by atoms with Crippen molar-refractivity contribution in [2.75, 3.05) is 38.1 Å². The van der Waals surface area contributed by atoms with Crippen molar-refractivity contribution >= 4 is 15.9 Å². The summed E-state index contributed by atoms with van der Waals surface area (Å²) in [5.41, 5.74) is 0. The van der Waals surface area contributed by atoms with Crippen LogP contribution in [-0.2, 0) is 0 Å². The monoisotopic (exact) mass is 246 g/mol. The van der Waals surface area contributed by atoms with Crippen molar-refractivity contribution in [1.29, 1.82) is 0 Å². The molecule has 3 heteroatoms. The fourth-order valence-corrected chi connectivity index (χ4v) is 3.04. The zero-order valence-electron chi connectivity index (χ0n) is 8.21. The van der Waals surface area contributed by atoms with Gasteiger partial charge in [-0.25, -0.2) is 0 Å². The van der Waals surface area contributed by atoms with Crippen LogP contribution in [0.2, 0.25) is 0 Å². The second kappa shape index (κ2) is 4.76. The van der Waals surface area contributed by atoms with Crippen molar-refractivity contribution in [3.63, 3.8) is 0 Å². The highest BCUT2D eigenvalue weighted by Crippen LogP contribution is 2.20. The number of piperazine rings is 1. The molecule has 0 saturated carbocycles. The molecule has 0 bridgehead atoms. The Morgan fingerprint density at radius 3 is 2.92 bits per heavy atom. The van der Waals surface area contributed by atoms with Gasteiger partial charge in [0, 0.05) is 37.6 Å². The van der Waals surface area contributed by atoms with Crippen LogP contribution in [-0.4, -0.2) is 53.9 Å². The molecular weight excluding hydrogens is 228 g/mol. The molecule has 0 N–H and O–H groups in total. The Hall–Kier alpha value is 0.400. The van der Waals surface area contributed by atoms with E-state index < -0.39 is 0 Å². The summed E-state index contributed by atoms with van der Waals surface area (Å²) in [5, 5.41) is 1.12. The standard InChI is InChI=1S/C10H19BrN2/c11-4-6-12-7-8-13-5-2-1-3-10(13)9-12/h10H,1-9H2. The van der Waals surface area contributed by atoms with Gasteiger partial charge in [0.1, 0.15) is 0 Å². The average molecular weight is 247 g/mol. The average Bonchev–Trinajstić information content (AvgIpc) is 2.18. The highest BCUT2D eigenvalue weighted by molar-refractivity contribution is 9.09. The van der Waals surface area contributed by atoms with E-state index in [1.807, 2.05) is 0 Å². The molecule has 0 aromatic carbocycles. The van der Waals surface area contributed by atoms with Crippen molar-refractivity contribution in [3.05, 3.63) is 0 Å². The number of hydrogen-bond acceptors (Lipinski definition) is 2. The summed E-state index contributed by atoms with van der Waals surface area (Å²) in [7, 11) is 0. The third kappa shape index (κ3) is 2.45. The van der Waals surface area contributed by atoms with E-state index in [1.165, 1.54) is 52.0 Å². The SMILES string of the molecule is BrCCN1CCN2CCCCC2C1.